The van der Waals surface area contributed by atoms with Crippen molar-refractivity contribution in [3.8, 4) is 11.4 Å². The molecule has 0 aliphatic rings. The van der Waals surface area contributed by atoms with Gasteiger partial charge in [-0.15, -0.1) is 0 Å². The first-order valence-electron chi connectivity index (χ1n) is 4.82. The Bertz CT molecular complexity index is 520. The molecule has 2 aromatic rings. The lowest BCUT2D eigenvalue weighted by Crippen LogP contribution is -1.96. The molecule has 0 bridgehead atoms. The van der Waals surface area contributed by atoms with E-state index in [4.69, 9.17) is 4.52 Å². The number of carbonyl (C=O) groups excluding carboxylic acids is 1. The van der Waals surface area contributed by atoms with Gasteiger partial charge in [0.1, 0.15) is 0 Å². The van der Waals surface area contributed by atoms with Gasteiger partial charge in [0.15, 0.2) is 0 Å². The van der Waals surface area contributed by atoms with Crippen molar-refractivity contribution in [2.24, 2.45) is 0 Å². The largest absolute Gasteiger partial charge is 0.339 e. The number of hydrogen-bond donors (Lipinski definition) is 1. The first kappa shape index (κ1) is 10.4. The fraction of sp³-hybridized carbons (Fsp3) is 0.182. The molecule has 16 heavy (non-hydrogen) atoms. The summed E-state index contributed by atoms with van der Waals surface area (Å²) in [6, 6.07) is 5.59. The quantitative estimate of drug-likeness (QED) is 0.797. The van der Waals surface area contributed by atoms with Crippen molar-refractivity contribution in [2.45, 2.75) is 13.8 Å². The smallest absolute Gasteiger partial charge is 0.223 e. The first-order chi connectivity index (χ1) is 7.70. The van der Waals surface area contributed by atoms with Crippen LogP contribution in [0.4, 0.5) is 5.69 Å². The minimum Gasteiger partial charge on any atom is -0.339 e. The van der Waals surface area contributed by atoms with E-state index in [1.165, 1.54) is 0 Å². The minimum atomic E-state index is 0.514. The van der Waals surface area contributed by atoms with Crippen LogP contribution in [-0.2, 0) is 4.79 Å². The second kappa shape index (κ2) is 4.14. The second-order valence-corrected chi connectivity index (χ2v) is 3.43. The summed E-state index contributed by atoms with van der Waals surface area (Å²) in [5.74, 6) is 1.03. The molecule has 82 valence electrons. The van der Waals surface area contributed by atoms with Gasteiger partial charge in [-0.05, 0) is 18.6 Å². The molecule has 1 heterocycles. The van der Waals surface area contributed by atoms with Crippen LogP contribution in [0, 0.1) is 13.8 Å². The summed E-state index contributed by atoms with van der Waals surface area (Å²) in [4.78, 5) is 14.5. The van der Waals surface area contributed by atoms with E-state index in [9.17, 15) is 4.79 Å². The number of aromatic nitrogens is 2. The van der Waals surface area contributed by atoms with Crippen molar-refractivity contribution in [3.63, 3.8) is 0 Å². The summed E-state index contributed by atoms with van der Waals surface area (Å²) in [6.45, 7) is 3.65. The molecule has 0 aliphatic carbocycles. The predicted octanol–water partition coefficient (Wildman–Crippen LogP) is 1.92. The minimum absolute atomic E-state index is 0.514. The second-order valence-electron chi connectivity index (χ2n) is 3.43. The molecule has 0 spiro atoms. The number of benzene rings is 1. The molecule has 5 heteroatoms. The highest BCUT2D eigenvalue weighted by atomic mass is 16.5. The van der Waals surface area contributed by atoms with Gasteiger partial charge in [0, 0.05) is 18.2 Å². The van der Waals surface area contributed by atoms with Gasteiger partial charge >= 0.3 is 0 Å². The van der Waals surface area contributed by atoms with Crippen molar-refractivity contribution in [2.75, 3.05) is 5.32 Å². The molecule has 0 fully saturated rings. The van der Waals surface area contributed by atoms with Gasteiger partial charge in [0.05, 0.1) is 0 Å². The molecule has 0 saturated heterocycles. The molecule has 1 aromatic heterocycles. The maximum absolute atomic E-state index is 10.4. The van der Waals surface area contributed by atoms with Crippen molar-refractivity contribution in [3.05, 3.63) is 29.7 Å². The van der Waals surface area contributed by atoms with Crippen LogP contribution in [0.15, 0.2) is 22.7 Å². The van der Waals surface area contributed by atoms with Gasteiger partial charge in [-0.2, -0.15) is 4.98 Å². The zero-order valence-electron chi connectivity index (χ0n) is 9.02. The molecule has 5 nitrogen and oxygen atoms in total. The van der Waals surface area contributed by atoms with Gasteiger partial charge in [0.2, 0.25) is 18.1 Å². The SMILES string of the molecule is Cc1nc(-c2ccc(C)c(NC=O)c2)no1. The molecule has 0 saturated carbocycles. The molecular formula is C11H11N3O2. The van der Waals surface area contributed by atoms with Crippen LogP contribution in [0.3, 0.4) is 0 Å². The van der Waals surface area contributed by atoms with Crippen LogP contribution in [0.2, 0.25) is 0 Å². The summed E-state index contributed by atoms with van der Waals surface area (Å²) in [7, 11) is 0. The van der Waals surface area contributed by atoms with E-state index < -0.39 is 0 Å². The molecular weight excluding hydrogens is 206 g/mol. The van der Waals surface area contributed by atoms with E-state index in [2.05, 4.69) is 15.5 Å². The molecule has 0 aliphatic heterocycles. The summed E-state index contributed by atoms with van der Waals surface area (Å²) in [5.41, 5.74) is 2.54. The van der Waals surface area contributed by atoms with Gasteiger partial charge in [-0.25, -0.2) is 0 Å². The maximum atomic E-state index is 10.4. The topological polar surface area (TPSA) is 68.0 Å². The van der Waals surface area contributed by atoms with E-state index in [1.54, 1.807) is 6.92 Å². The molecule has 0 radical (unpaired) electrons. The number of nitrogens with one attached hydrogen (secondary N) is 1. The lowest BCUT2D eigenvalue weighted by Gasteiger charge is -2.04. The Morgan fingerprint density at radius 2 is 2.19 bits per heavy atom. The summed E-state index contributed by atoms with van der Waals surface area (Å²) in [6.07, 6.45) is 0.646. The third-order valence-corrected chi connectivity index (χ3v) is 2.24. The monoisotopic (exact) mass is 217 g/mol. The number of aryl methyl sites for hydroxylation is 2. The standard InChI is InChI=1S/C11H11N3O2/c1-7-3-4-9(5-10(7)12-6-15)11-13-8(2)16-14-11/h3-6H,1-2H3,(H,12,15). The number of hydrogen-bond acceptors (Lipinski definition) is 4. The number of nitrogens with zero attached hydrogens (tertiary/aromatic N) is 2. The van der Waals surface area contributed by atoms with Crippen molar-refractivity contribution < 1.29 is 9.32 Å². The molecule has 2 rings (SSSR count). The van der Waals surface area contributed by atoms with Crippen LogP contribution < -0.4 is 5.32 Å². The van der Waals surface area contributed by atoms with E-state index in [0.717, 1.165) is 16.8 Å². The normalized spacial score (nSPS) is 10.1. The molecule has 1 amide bonds. The average Bonchev–Trinajstić information content (AvgIpc) is 2.69. The Kier molecular flexibility index (Phi) is 2.68. The van der Waals surface area contributed by atoms with Crippen LogP contribution in [0.5, 0.6) is 0 Å². The predicted molar refractivity (Wildman–Crippen MR) is 58.9 cm³/mol. The lowest BCUT2D eigenvalue weighted by atomic mass is 10.1. The van der Waals surface area contributed by atoms with Crippen LogP contribution >= 0.6 is 0 Å². The van der Waals surface area contributed by atoms with Crippen molar-refractivity contribution in [1.29, 1.82) is 0 Å². The Labute approximate surface area is 92.5 Å². The zero-order valence-corrected chi connectivity index (χ0v) is 9.02. The van der Waals surface area contributed by atoms with Gasteiger partial charge in [0.25, 0.3) is 0 Å². The lowest BCUT2D eigenvalue weighted by molar-refractivity contribution is -0.105. The number of carbonyl (C=O) groups is 1. The Hall–Kier alpha value is -2.17. The van der Waals surface area contributed by atoms with Crippen LogP contribution in [-0.4, -0.2) is 16.6 Å². The third-order valence-electron chi connectivity index (χ3n) is 2.24. The highest BCUT2D eigenvalue weighted by molar-refractivity contribution is 5.76. The van der Waals surface area contributed by atoms with Crippen LogP contribution in [0.1, 0.15) is 11.5 Å². The van der Waals surface area contributed by atoms with Crippen molar-refractivity contribution in [1.82, 2.24) is 10.1 Å². The van der Waals surface area contributed by atoms with Gasteiger partial charge in [-0.3, -0.25) is 4.79 Å². The van der Waals surface area contributed by atoms with E-state index >= 15 is 0 Å². The number of amides is 1. The number of anilines is 1. The Morgan fingerprint density at radius 1 is 1.38 bits per heavy atom. The van der Waals surface area contributed by atoms with E-state index in [-0.39, 0.29) is 0 Å². The highest BCUT2D eigenvalue weighted by Crippen LogP contribution is 2.22. The maximum Gasteiger partial charge on any atom is 0.223 e. The van der Waals surface area contributed by atoms with E-state index in [1.807, 2.05) is 25.1 Å². The third kappa shape index (κ3) is 1.93. The van der Waals surface area contributed by atoms with E-state index in [0.29, 0.717) is 18.1 Å². The molecule has 1 N–H and O–H groups in total. The Balaban J connectivity index is 2.42. The molecule has 1 aromatic carbocycles. The van der Waals surface area contributed by atoms with Gasteiger partial charge < -0.3 is 9.84 Å². The fourth-order valence-corrected chi connectivity index (χ4v) is 1.40. The first-order valence-corrected chi connectivity index (χ1v) is 4.82. The molecule has 0 atom stereocenters. The Morgan fingerprint density at radius 3 is 2.81 bits per heavy atom. The zero-order chi connectivity index (χ0) is 11.5. The van der Waals surface area contributed by atoms with Crippen molar-refractivity contribution >= 4 is 12.1 Å². The van der Waals surface area contributed by atoms with Crippen LogP contribution in [0.25, 0.3) is 11.4 Å². The summed E-state index contributed by atoms with van der Waals surface area (Å²) < 4.78 is 4.90. The molecule has 0 unspecified atom stereocenters. The van der Waals surface area contributed by atoms with Gasteiger partial charge in [-0.1, -0.05) is 17.3 Å². The summed E-state index contributed by atoms with van der Waals surface area (Å²) >= 11 is 0. The average molecular weight is 217 g/mol. The highest BCUT2D eigenvalue weighted by Gasteiger charge is 2.07. The fourth-order valence-electron chi connectivity index (χ4n) is 1.40. The number of rotatable bonds is 3. The summed E-state index contributed by atoms with van der Waals surface area (Å²) in [5, 5.41) is 6.44.